The van der Waals surface area contributed by atoms with E-state index in [0.717, 1.165) is 12.0 Å². The molecule has 0 aromatic heterocycles. The highest BCUT2D eigenvalue weighted by molar-refractivity contribution is 5.95. The van der Waals surface area contributed by atoms with Crippen molar-refractivity contribution < 1.29 is 23.9 Å². The summed E-state index contributed by atoms with van der Waals surface area (Å²) in [7, 11) is 0. The quantitative estimate of drug-likeness (QED) is 0.352. The Balaban J connectivity index is 0.000000956. The number of carbonyl (C=O) groups excluding carboxylic acids is 4. The number of nitrogens with two attached hydrogens (primary N) is 2. The molecule has 0 spiro atoms. The first-order valence-electron chi connectivity index (χ1n) is 9.21. The maximum Gasteiger partial charge on any atom is 0.312 e. The molecule has 0 aliphatic heterocycles. The number of primary amides is 1. The van der Waals surface area contributed by atoms with Crippen molar-refractivity contribution in [3.05, 3.63) is 29.8 Å². The predicted molar refractivity (Wildman–Crippen MR) is 110 cm³/mol. The van der Waals surface area contributed by atoms with Crippen LogP contribution in [-0.4, -0.2) is 43.4 Å². The van der Waals surface area contributed by atoms with Crippen LogP contribution in [0.4, 0.5) is 10.5 Å². The third-order valence-electron chi connectivity index (χ3n) is 3.55. The Morgan fingerprint density at radius 1 is 1.14 bits per heavy atom. The first-order chi connectivity index (χ1) is 13.7. The highest BCUT2D eigenvalue weighted by atomic mass is 16.5. The molecule has 0 aliphatic carbocycles. The molecule has 1 aromatic rings. The maximum atomic E-state index is 11.7. The smallest absolute Gasteiger partial charge is 0.312 e. The third kappa shape index (κ3) is 12.8. The molecule has 0 saturated carbocycles. The van der Waals surface area contributed by atoms with Gasteiger partial charge in [-0.15, -0.1) is 0 Å². The minimum absolute atomic E-state index is 0.00388. The van der Waals surface area contributed by atoms with E-state index < -0.39 is 12.1 Å². The van der Waals surface area contributed by atoms with Gasteiger partial charge in [0, 0.05) is 12.2 Å². The van der Waals surface area contributed by atoms with Crippen LogP contribution in [0.15, 0.2) is 24.3 Å². The van der Waals surface area contributed by atoms with E-state index in [9.17, 15) is 19.2 Å². The third-order valence-corrected chi connectivity index (χ3v) is 3.55. The molecule has 162 valence electrons. The second kappa shape index (κ2) is 14.9. The summed E-state index contributed by atoms with van der Waals surface area (Å²) in [6.45, 7) is 6.72. The number of carbonyl (C=O) groups is 4. The molecular formula is C19H31N5O5. The van der Waals surface area contributed by atoms with Crippen LogP contribution in [0, 0.1) is 5.92 Å². The number of ether oxygens (including phenoxy) is 1. The summed E-state index contributed by atoms with van der Waals surface area (Å²) in [6.07, 6.45) is 0.933. The minimum atomic E-state index is -0.634. The Kier molecular flexibility index (Phi) is 13.3. The lowest BCUT2D eigenvalue weighted by atomic mass is 10.1. The molecule has 1 rings (SSSR count). The summed E-state index contributed by atoms with van der Waals surface area (Å²) >= 11 is 0. The number of hydrogen-bond acceptors (Lipinski definition) is 6. The molecule has 0 aliphatic rings. The molecule has 10 heteroatoms. The van der Waals surface area contributed by atoms with Crippen LogP contribution >= 0.6 is 0 Å². The summed E-state index contributed by atoms with van der Waals surface area (Å²) in [5.41, 5.74) is 11.8. The van der Waals surface area contributed by atoms with Crippen molar-refractivity contribution in [2.75, 3.05) is 18.4 Å². The van der Waals surface area contributed by atoms with Gasteiger partial charge in [-0.2, -0.15) is 0 Å². The zero-order valence-electron chi connectivity index (χ0n) is 17.1. The number of hydrogen-bond donors (Lipinski definition) is 5. The Hall–Kier alpha value is -3.14. The maximum absolute atomic E-state index is 11.7. The number of amides is 4. The van der Waals surface area contributed by atoms with Crippen molar-refractivity contribution in [1.29, 1.82) is 0 Å². The van der Waals surface area contributed by atoms with Gasteiger partial charge in [0.25, 0.3) is 6.47 Å². The first-order valence-corrected chi connectivity index (χ1v) is 9.21. The molecule has 0 bridgehead atoms. The topological polar surface area (TPSA) is 166 Å². The van der Waals surface area contributed by atoms with Crippen LogP contribution in [-0.2, 0) is 25.7 Å². The normalized spacial score (nSPS) is 10.8. The van der Waals surface area contributed by atoms with Gasteiger partial charge < -0.3 is 32.2 Å². The van der Waals surface area contributed by atoms with Crippen molar-refractivity contribution in [1.82, 2.24) is 10.6 Å². The van der Waals surface area contributed by atoms with Crippen LogP contribution in [0.5, 0.6) is 0 Å². The Morgan fingerprint density at radius 3 is 2.21 bits per heavy atom. The van der Waals surface area contributed by atoms with Crippen LogP contribution in [0.3, 0.4) is 0 Å². The molecule has 0 saturated heterocycles. The number of rotatable bonds is 10. The first kappa shape index (κ1) is 25.9. The van der Waals surface area contributed by atoms with Gasteiger partial charge >= 0.3 is 6.03 Å². The average Bonchev–Trinajstić information content (AvgIpc) is 2.69. The molecule has 1 aromatic carbocycles. The van der Waals surface area contributed by atoms with E-state index in [1.165, 1.54) is 0 Å². The fraction of sp³-hybridized carbons (Fsp3) is 0.474. The van der Waals surface area contributed by atoms with Crippen molar-refractivity contribution in [2.45, 2.75) is 39.8 Å². The molecule has 0 radical (unpaired) electrons. The fourth-order valence-corrected chi connectivity index (χ4v) is 1.86. The van der Waals surface area contributed by atoms with Crippen LogP contribution in [0.1, 0.15) is 32.8 Å². The molecule has 7 N–H and O–H groups in total. The Bertz CT molecular complexity index is 649. The molecule has 1 atom stereocenters. The lowest BCUT2D eigenvalue weighted by molar-refractivity contribution is -0.129. The van der Waals surface area contributed by atoms with Crippen LogP contribution in [0.2, 0.25) is 0 Å². The van der Waals surface area contributed by atoms with Gasteiger partial charge in [-0.25, -0.2) is 4.79 Å². The zero-order chi connectivity index (χ0) is 22.2. The van der Waals surface area contributed by atoms with Gasteiger partial charge in [-0.3, -0.25) is 14.4 Å². The second-order valence-electron chi connectivity index (χ2n) is 6.43. The minimum Gasteiger partial charge on any atom is -0.463 e. The van der Waals surface area contributed by atoms with E-state index in [2.05, 4.69) is 20.7 Å². The highest BCUT2D eigenvalue weighted by Gasteiger charge is 2.17. The molecule has 1 unspecified atom stereocenters. The van der Waals surface area contributed by atoms with Gasteiger partial charge in [0.05, 0.1) is 12.6 Å². The number of anilines is 1. The molecule has 0 fully saturated rings. The van der Waals surface area contributed by atoms with Gasteiger partial charge in [-0.1, -0.05) is 32.9 Å². The summed E-state index contributed by atoms with van der Waals surface area (Å²) < 4.78 is 4.62. The van der Waals surface area contributed by atoms with Gasteiger partial charge in [0.2, 0.25) is 11.8 Å². The summed E-state index contributed by atoms with van der Waals surface area (Å²) in [4.78, 5) is 43.3. The van der Waals surface area contributed by atoms with E-state index in [0.29, 0.717) is 18.7 Å². The Labute approximate surface area is 170 Å². The molecule has 29 heavy (non-hydrogen) atoms. The average molecular weight is 409 g/mol. The van der Waals surface area contributed by atoms with Crippen LogP contribution in [0.25, 0.3) is 0 Å². The summed E-state index contributed by atoms with van der Waals surface area (Å²) in [6, 6.07) is 5.75. The number of urea groups is 1. The van der Waals surface area contributed by atoms with Gasteiger partial charge in [-0.05, 0) is 30.0 Å². The lowest BCUT2D eigenvalue weighted by Crippen LogP contribution is -2.46. The van der Waals surface area contributed by atoms with E-state index in [1.54, 1.807) is 24.3 Å². The van der Waals surface area contributed by atoms with Gasteiger partial charge in [0.15, 0.2) is 0 Å². The van der Waals surface area contributed by atoms with E-state index in [4.69, 9.17) is 11.5 Å². The largest absolute Gasteiger partial charge is 0.463 e. The lowest BCUT2D eigenvalue weighted by Gasteiger charge is -2.15. The summed E-state index contributed by atoms with van der Waals surface area (Å²) in [5, 5.41) is 7.57. The second-order valence-corrected chi connectivity index (χ2v) is 6.43. The van der Waals surface area contributed by atoms with E-state index in [1.807, 2.05) is 20.8 Å². The van der Waals surface area contributed by atoms with Crippen molar-refractivity contribution in [2.24, 2.45) is 17.4 Å². The van der Waals surface area contributed by atoms with Crippen molar-refractivity contribution in [3.63, 3.8) is 0 Å². The SMILES string of the molecule is CC(C)C(N)C(=O)NCC(=O)Nc1ccc(COC=O)cc1.CCCNC(N)=O. The van der Waals surface area contributed by atoms with E-state index >= 15 is 0 Å². The number of benzene rings is 1. The zero-order valence-corrected chi connectivity index (χ0v) is 17.1. The van der Waals surface area contributed by atoms with Crippen molar-refractivity contribution in [3.8, 4) is 0 Å². The molecule has 4 amide bonds. The van der Waals surface area contributed by atoms with Crippen molar-refractivity contribution >= 4 is 30.0 Å². The fourth-order valence-electron chi connectivity index (χ4n) is 1.86. The Morgan fingerprint density at radius 2 is 1.76 bits per heavy atom. The monoisotopic (exact) mass is 409 g/mol. The standard InChI is InChI=1S/C15H21N3O4.C4H10N2O/c1-10(2)14(16)15(21)17-7-13(20)18-12-5-3-11(4-6-12)8-22-9-19;1-2-3-6-4(5)7/h3-6,9-10,14H,7-8,16H2,1-2H3,(H,17,21)(H,18,20);2-3H2,1H3,(H3,5,6,7). The molecular weight excluding hydrogens is 378 g/mol. The highest BCUT2D eigenvalue weighted by Crippen LogP contribution is 2.10. The molecule has 0 heterocycles. The van der Waals surface area contributed by atoms with Gasteiger partial charge in [0.1, 0.15) is 6.61 Å². The molecule has 10 nitrogen and oxygen atoms in total. The van der Waals surface area contributed by atoms with E-state index in [-0.39, 0.29) is 30.9 Å². The predicted octanol–water partition coefficient (Wildman–Crippen LogP) is 0.462. The number of nitrogens with one attached hydrogen (secondary N) is 3. The summed E-state index contributed by atoms with van der Waals surface area (Å²) in [5.74, 6) is -0.697. The van der Waals surface area contributed by atoms with Crippen LogP contribution < -0.4 is 27.4 Å².